The first-order valence-electron chi connectivity index (χ1n) is 16.9. The molecular formula is C37H39F2N5O4. The van der Waals surface area contributed by atoms with Crippen LogP contribution >= 0.6 is 0 Å². The van der Waals surface area contributed by atoms with Crippen LogP contribution < -0.4 is 9.64 Å². The molecule has 4 fully saturated rings. The quantitative estimate of drug-likeness (QED) is 0.263. The maximum absolute atomic E-state index is 17.0. The summed E-state index contributed by atoms with van der Waals surface area (Å²) in [5.74, 6) is 1.34. The molecule has 48 heavy (non-hydrogen) atoms. The largest absolute Gasteiger partial charge is 0.508 e. The molecule has 2 N–H and O–H groups in total. The first-order chi connectivity index (χ1) is 23.2. The Bertz CT molecular complexity index is 1960. The summed E-state index contributed by atoms with van der Waals surface area (Å²) in [5.41, 5.74) is -1.19. The van der Waals surface area contributed by atoms with E-state index in [9.17, 15) is 14.6 Å². The highest BCUT2D eigenvalue weighted by Crippen LogP contribution is 2.48. The van der Waals surface area contributed by atoms with E-state index in [1.807, 2.05) is 4.90 Å². The van der Waals surface area contributed by atoms with E-state index in [2.05, 4.69) is 27.8 Å². The van der Waals surface area contributed by atoms with Gasteiger partial charge in [-0.1, -0.05) is 18.4 Å². The number of aromatic hydroxyl groups is 1. The van der Waals surface area contributed by atoms with Crippen molar-refractivity contribution >= 4 is 27.5 Å². The second-order valence-electron chi connectivity index (χ2n) is 14.2. The van der Waals surface area contributed by atoms with Gasteiger partial charge < -0.3 is 29.5 Å². The number of likely N-dealkylation sites (tertiary alicyclic amines) is 1. The maximum atomic E-state index is 17.0. The molecule has 2 aromatic carbocycles. The molecule has 4 aliphatic rings. The van der Waals surface area contributed by atoms with Crippen LogP contribution in [0.4, 0.5) is 14.6 Å². The number of fused-ring (bicyclic) bond motifs is 3. The lowest BCUT2D eigenvalue weighted by atomic mass is 9.76. The Morgan fingerprint density at radius 2 is 1.96 bits per heavy atom. The van der Waals surface area contributed by atoms with Crippen LogP contribution in [0.1, 0.15) is 50.5 Å². The highest BCUT2D eigenvalue weighted by atomic mass is 19.1. The van der Waals surface area contributed by atoms with E-state index < -0.39 is 17.2 Å². The number of piperidine rings is 1. The number of ether oxygens (including phenoxy) is 2. The highest BCUT2D eigenvalue weighted by molar-refractivity contribution is 6.03. The van der Waals surface area contributed by atoms with Crippen molar-refractivity contribution in [2.75, 3.05) is 51.4 Å². The Labute approximate surface area is 277 Å². The van der Waals surface area contributed by atoms with Crippen LogP contribution in [0.5, 0.6) is 11.8 Å². The third-order valence-corrected chi connectivity index (χ3v) is 11.1. The van der Waals surface area contributed by atoms with Gasteiger partial charge in [-0.3, -0.25) is 4.98 Å². The number of hydrogen-bond donors (Lipinski definition) is 2. The minimum absolute atomic E-state index is 0.0310. The lowest BCUT2D eigenvalue weighted by Gasteiger charge is -2.44. The summed E-state index contributed by atoms with van der Waals surface area (Å²) < 4.78 is 44.2. The van der Waals surface area contributed by atoms with Crippen LogP contribution in [0, 0.1) is 35.3 Å². The van der Waals surface area contributed by atoms with Crippen molar-refractivity contribution in [1.29, 1.82) is 0 Å². The Kier molecular flexibility index (Phi) is 7.66. The molecule has 4 heterocycles. The Balaban J connectivity index is 1.28. The zero-order valence-electron chi connectivity index (χ0n) is 27.0. The number of anilines is 1. The molecule has 3 atom stereocenters. The van der Waals surface area contributed by atoms with Crippen LogP contribution in [-0.4, -0.2) is 88.2 Å². The molecule has 2 aliphatic carbocycles. The van der Waals surface area contributed by atoms with E-state index in [4.69, 9.17) is 20.9 Å². The van der Waals surface area contributed by atoms with Gasteiger partial charge in [-0.15, -0.1) is 6.42 Å². The van der Waals surface area contributed by atoms with Gasteiger partial charge in [-0.2, -0.15) is 9.97 Å². The molecule has 0 bridgehead atoms. The van der Waals surface area contributed by atoms with E-state index in [-0.39, 0.29) is 64.0 Å². The number of benzene rings is 2. The van der Waals surface area contributed by atoms with E-state index in [0.717, 1.165) is 51.5 Å². The minimum Gasteiger partial charge on any atom is -0.508 e. The zero-order chi connectivity index (χ0) is 33.2. The number of aromatic nitrogens is 3. The summed E-state index contributed by atoms with van der Waals surface area (Å²) in [6.45, 7) is 2.71. The predicted molar refractivity (Wildman–Crippen MR) is 178 cm³/mol. The lowest BCUT2D eigenvalue weighted by Crippen LogP contribution is -2.50. The van der Waals surface area contributed by atoms with E-state index >= 15 is 4.39 Å². The third-order valence-electron chi connectivity index (χ3n) is 11.1. The Morgan fingerprint density at radius 1 is 1.12 bits per heavy atom. The molecule has 2 aromatic heterocycles. The SMILES string of the molecule is C#Cc1c(F)ccc2cc(O)cc(-c3ncc4c(N5CCOCC(O)(C6CC6)C5)nc(OCC56CCCC5N(C)CCC6)nc4c3F)c12. The molecule has 250 valence electrons. The minimum atomic E-state index is -1.07. The standard InChI is InChI=1S/C37H39F2N5O4/c1-3-25-28(38)10-7-22-16-24(45)17-26(30(22)25)32-31(39)33-27(18-40-32)34(44-14-15-47-21-37(46,19-44)23-8-9-23)42-35(41-33)48-20-36-11-4-6-29(36)43(2)13-5-12-36/h1,7,10,16-18,23,29,45-46H,4-6,8-9,11-15,19-21H2,2H3. The fraction of sp³-hybridized carbons (Fsp3) is 0.486. The monoisotopic (exact) mass is 655 g/mol. The van der Waals surface area contributed by atoms with Crippen molar-refractivity contribution in [1.82, 2.24) is 19.9 Å². The lowest BCUT2D eigenvalue weighted by molar-refractivity contribution is -0.0418. The number of hydrogen-bond acceptors (Lipinski definition) is 9. The van der Waals surface area contributed by atoms with Crippen LogP contribution in [0.15, 0.2) is 30.5 Å². The molecule has 0 radical (unpaired) electrons. The fourth-order valence-corrected chi connectivity index (χ4v) is 8.58. The molecule has 2 saturated carbocycles. The molecule has 4 aromatic rings. The topological polar surface area (TPSA) is 104 Å². The molecule has 0 amide bonds. The number of pyridine rings is 1. The van der Waals surface area contributed by atoms with Gasteiger partial charge in [0, 0.05) is 35.1 Å². The molecule has 8 rings (SSSR count). The smallest absolute Gasteiger partial charge is 0.319 e. The van der Waals surface area contributed by atoms with Gasteiger partial charge >= 0.3 is 6.01 Å². The number of β-amino-alcohol motifs (C(OH)–C–C–N with tert-alkyl or cyclic N) is 1. The summed E-state index contributed by atoms with van der Waals surface area (Å²) in [6, 6.07) is 5.93. The summed E-state index contributed by atoms with van der Waals surface area (Å²) in [7, 11) is 2.17. The van der Waals surface area contributed by atoms with Crippen molar-refractivity contribution in [3.63, 3.8) is 0 Å². The molecule has 2 saturated heterocycles. The number of aliphatic hydroxyl groups is 1. The van der Waals surface area contributed by atoms with Crippen LogP contribution in [-0.2, 0) is 4.74 Å². The second-order valence-corrected chi connectivity index (χ2v) is 14.2. The van der Waals surface area contributed by atoms with E-state index in [0.29, 0.717) is 42.4 Å². The number of rotatable bonds is 6. The van der Waals surface area contributed by atoms with Crippen molar-refractivity contribution in [2.24, 2.45) is 11.3 Å². The summed E-state index contributed by atoms with van der Waals surface area (Å²) in [5, 5.41) is 23.2. The Hall–Kier alpha value is -4.11. The number of terminal acetylenes is 1. The average Bonchev–Trinajstić information content (AvgIpc) is 3.88. The molecule has 0 spiro atoms. The van der Waals surface area contributed by atoms with Crippen LogP contribution in [0.2, 0.25) is 0 Å². The van der Waals surface area contributed by atoms with Crippen LogP contribution in [0.25, 0.3) is 32.9 Å². The molecule has 9 nitrogen and oxygen atoms in total. The number of nitrogens with zero attached hydrogens (tertiary/aromatic N) is 5. The number of phenols is 1. The van der Waals surface area contributed by atoms with Gasteiger partial charge in [0.1, 0.15) is 34.2 Å². The van der Waals surface area contributed by atoms with Crippen molar-refractivity contribution < 1.29 is 28.5 Å². The van der Waals surface area contributed by atoms with Crippen LogP contribution in [0.3, 0.4) is 0 Å². The first-order valence-corrected chi connectivity index (χ1v) is 16.9. The molecule has 2 aliphatic heterocycles. The van der Waals surface area contributed by atoms with E-state index in [1.54, 1.807) is 0 Å². The summed E-state index contributed by atoms with van der Waals surface area (Å²) in [4.78, 5) is 18.4. The average molecular weight is 656 g/mol. The van der Waals surface area contributed by atoms with Gasteiger partial charge in [0.25, 0.3) is 0 Å². The van der Waals surface area contributed by atoms with Crippen molar-refractivity contribution in [2.45, 2.75) is 56.6 Å². The van der Waals surface area contributed by atoms with Gasteiger partial charge in [-0.05, 0) is 81.6 Å². The fourth-order valence-electron chi connectivity index (χ4n) is 8.58. The van der Waals surface area contributed by atoms with Gasteiger partial charge in [0.2, 0.25) is 0 Å². The van der Waals surface area contributed by atoms with Crippen molar-refractivity contribution in [3.8, 4) is 35.4 Å². The third kappa shape index (κ3) is 5.21. The molecular weight excluding hydrogens is 616 g/mol. The van der Waals surface area contributed by atoms with Gasteiger partial charge in [0.15, 0.2) is 5.82 Å². The number of phenolic OH excluding ortho intramolecular Hbond substituents is 1. The summed E-state index contributed by atoms with van der Waals surface area (Å²) in [6.07, 6.45) is 14.4. The predicted octanol–water partition coefficient (Wildman–Crippen LogP) is 5.43. The summed E-state index contributed by atoms with van der Waals surface area (Å²) >= 11 is 0. The van der Waals surface area contributed by atoms with Gasteiger partial charge in [-0.25, -0.2) is 8.78 Å². The normalized spacial score (nSPS) is 26.4. The second kappa shape index (κ2) is 11.8. The highest BCUT2D eigenvalue weighted by Gasteiger charge is 2.48. The zero-order valence-corrected chi connectivity index (χ0v) is 27.0. The van der Waals surface area contributed by atoms with E-state index in [1.165, 1.54) is 30.5 Å². The van der Waals surface area contributed by atoms with Gasteiger partial charge in [0.05, 0.1) is 37.3 Å². The maximum Gasteiger partial charge on any atom is 0.319 e. The van der Waals surface area contributed by atoms with Crippen molar-refractivity contribution in [3.05, 3.63) is 47.7 Å². The molecule has 11 heteroatoms. The first kappa shape index (κ1) is 31.2. The Morgan fingerprint density at radius 3 is 2.77 bits per heavy atom. The number of halogens is 2. The molecule has 3 unspecified atom stereocenters.